The average Bonchev–Trinajstić information content (AvgIpc) is 3.02. The summed E-state index contributed by atoms with van der Waals surface area (Å²) in [5, 5.41) is 9.82. The molecule has 10 heteroatoms. The monoisotopic (exact) mass is 604 g/mol. The van der Waals surface area contributed by atoms with E-state index in [1.54, 1.807) is 4.57 Å². The number of hydrogen-bond donors (Lipinski definition) is 1. The number of carboxylic acids is 1. The molecule has 1 N–H and O–H groups in total. The molecule has 224 valence electrons. The maximum atomic E-state index is 15.8. The maximum Gasteiger partial charge on any atom is 0.341 e. The summed E-state index contributed by atoms with van der Waals surface area (Å²) < 4.78 is 22.8. The largest absolute Gasteiger partial charge is 0.477 e. The SMILES string of the molecule is CCc1ccccc1N1CCN(c2c(F)cc3c(=O)c(C(=O)O)cn(-c4ccc(CN5CCOCC5)cc4)c3c2Cl)CC1. The fraction of sp³-hybridized carbons (Fsp3) is 0.333. The van der Waals surface area contributed by atoms with Crippen molar-refractivity contribution in [1.82, 2.24) is 9.47 Å². The first kappa shape index (κ1) is 29.2. The molecule has 0 amide bonds. The maximum absolute atomic E-state index is 15.8. The van der Waals surface area contributed by atoms with Gasteiger partial charge >= 0.3 is 5.97 Å². The molecule has 0 bridgehead atoms. The lowest BCUT2D eigenvalue weighted by molar-refractivity contribution is 0.0342. The van der Waals surface area contributed by atoms with Crippen LogP contribution in [0.3, 0.4) is 0 Å². The summed E-state index contributed by atoms with van der Waals surface area (Å²) in [6.45, 7) is 8.46. The number of aromatic carboxylic acids is 1. The lowest BCUT2D eigenvalue weighted by atomic mass is 10.1. The predicted molar refractivity (Wildman–Crippen MR) is 168 cm³/mol. The molecule has 0 unspecified atom stereocenters. The number of piperazine rings is 1. The molecule has 1 aromatic heterocycles. The molecule has 6 rings (SSSR count). The molecule has 2 fully saturated rings. The number of nitrogens with zero attached hydrogens (tertiary/aromatic N) is 4. The zero-order valence-electron chi connectivity index (χ0n) is 24.1. The second-order valence-electron chi connectivity index (χ2n) is 11.0. The number of halogens is 2. The number of aryl methyl sites for hydroxylation is 1. The number of aromatic nitrogens is 1. The molecule has 0 aliphatic carbocycles. The predicted octanol–water partition coefficient (Wildman–Crippen LogP) is 5.20. The zero-order chi connectivity index (χ0) is 30.1. The van der Waals surface area contributed by atoms with Gasteiger partial charge in [0.05, 0.1) is 34.8 Å². The number of anilines is 2. The van der Waals surface area contributed by atoms with E-state index in [0.29, 0.717) is 45.1 Å². The Bertz CT molecular complexity index is 1710. The van der Waals surface area contributed by atoms with Crippen LogP contribution in [0.2, 0.25) is 5.02 Å². The second kappa shape index (κ2) is 12.4. The van der Waals surface area contributed by atoms with Gasteiger partial charge in [-0.2, -0.15) is 0 Å². The Morgan fingerprint density at radius 1 is 0.977 bits per heavy atom. The van der Waals surface area contributed by atoms with Gasteiger partial charge in [-0.15, -0.1) is 0 Å². The van der Waals surface area contributed by atoms with E-state index in [9.17, 15) is 14.7 Å². The third-order valence-electron chi connectivity index (χ3n) is 8.42. The number of rotatable bonds is 7. The van der Waals surface area contributed by atoms with E-state index in [0.717, 1.165) is 37.7 Å². The highest BCUT2D eigenvalue weighted by Crippen LogP contribution is 2.37. The Balaban J connectivity index is 1.37. The van der Waals surface area contributed by atoms with Crippen molar-refractivity contribution in [3.8, 4) is 5.69 Å². The molecular weight excluding hydrogens is 571 g/mol. The summed E-state index contributed by atoms with van der Waals surface area (Å²) in [6.07, 6.45) is 2.21. The van der Waals surface area contributed by atoms with Crippen molar-refractivity contribution in [2.75, 3.05) is 62.3 Å². The molecule has 2 saturated heterocycles. The van der Waals surface area contributed by atoms with E-state index >= 15 is 4.39 Å². The topological polar surface area (TPSA) is 78.2 Å². The number of hydrogen-bond acceptors (Lipinski definition) is 6. The van der Waals surface area contributed by atoms with Crippen LogP contribution < -0.4 is 15.2 Å². The number of fused-ring (bicyclic) bond motifs is 1. The number of ether oxygens (including phenoxy) is 1. The molecule has 0 spiro atoms. The third kappa shape index (κ3) is 5.72. The quantitative estimate of drug-likeness (QED) is 0.311. The molecule has 3 heterocycles. The summed E-state index contributed by atoms with van der Waals surface area (Å²) >= 11 is 6.98. The van der Waals surface area contributed by atoms with Gasteiger partial charge in [0.15, 0.2) is 0 Å². The number of pyridine rings is 1. The van der Waals surface area contributed by atoms with E-state index in [-0.39, 0.29) is 21.6 Å². The molecule has 0 radical (unpaired) electrons. The highest BCUT2D eigenvalue weighted by Gasteiger charge is 2.27. The molecule has 8 nitrogen and oxygen atoms in total. The smallest absolute Gasteiger partial charge is 0.341 e. The molecule has 43 heavy (non-hydrogen) atoms. The summed E-state index contributed by atoms with van der Waals surface area (Å²) in [7, 11) is 0. The molecule has 2 aliphatic rings. The van der Waals surface area contributed by atoms with Crippen molar-refractivity contribution in [3.05, 3.63) is 98.5 Å². The summed E-state index contributed by atoms with van der Waals surface area (Å²) in [6, 6.07) is 17.1. The Kier molecular flexibility index (Phi) is 8.38. The highest BCUT2D eigenvalue weighted by atomic mass is 35.5. The minimum absolute atomic E-state index is 0.0703. The summed E-state index contributed by atoms with van der Waals surface area (Å²) in [5.74, 6) is -2.03. The van der Waals surface area contributed by atoms with Gasteiger partial charge in [0.25, 0.3) is 0 Å². The fourth-order valence-corrected chi connectivity index (χ4v) is 6.52. The minimum Gasteiger partial charge on any atom is -0.477 e. The van der Waals surface area contributed by atoms with Crippen LogP contribution in [0.15, 0.2) is 65.6 Å². The van der Waals surface area contributed by atoms with Crippen molar-refractivity contribution in [3.63, 3.8) is 0 Å². The van der Waals surface area contributed by atoms with Gasteiger partial charge in [0, 0.05) is 63.4 Å². The third-order valence-corrected chi connectivity index (χ3v) is 8.78. The highest BCUT2D eigenvalue weighted by molar-refractivity contribution is 6.38. The van der Waals surface area contributed by atoms with E-state index < -0.39 is 22.8 Å². The van der Waals surface area contributed by atoms with Crippen LogP contribution in [-0.4, -0.2) is 73.0 Å². The molecule has 3 aromatic carbocycles. The van der Waals surface area contributed by atoms with Crippen LogP contribution in [0, 0.1) is 5.82 Å². The fourth-order valence-electron chi connectivity index (χ4n) is 6.12. The normalized spacial score (nSPS) is 16.2. The van der Waals surface area contributed by atoms with Crippen molar-refractivity contribution in [2.24, 2.45) is 0 Å². The Labute approximate surface area is 254 Å². The van der Waals surface area contributed by atoms with Gasteiger partial charge < -0.3 is 24.2 Å². The Hall–Kier alpha value is -3.92. The molecule has 0 atom stereocenters. The standard InChI is InChI=1S/C33H34ClFN4O4/c1-2-23-5-3-4-6-28(23)37-11-13-38(14-12-37)31-27(35)19-25-30(29(31)34)39(21-26(32(25)40)33(41)42)24-9-7-22(8-10-24)20-36-15-17-43-18-16-36/h3-10,19,21H,2,11-18,20H2,1H3,(H,41,42). The van der Waals surface area contributed by atoms with E-state index in [1.807, 2.05) is 41.3 Å². The Morgan fingerprint density at radius 3 is 2.33 bits per heavy atom. The van der Waals surface area contributed by atoms with Gasteiger partial charge in [-0.05, 0) is 41.8 Å². The van der Waals surface area contributed by atoms with E-state index in [4.69, 9.17) is 16.3 Å². The van der Waals surface area contributed by atoms with Crippen molar-refractivity contribution in [1.29, 1.82) is 0 Å². The second-order valence-corrected chi connectivity index (χ2v) is 11.4. The van der Waals surface area contributed by atoms with Gasteiger partial charge in [-0.1, -0.05) is 48.9 Å². The van der Waals surface area contributed by atoms with Crippen molar-refractivity contribution >= 4 is 39.8 Å². The number of benzene rings is 3. The van der Waals surface area contributed by atoms with Crippen LogP contribution >= 0.6 is 11.6 Å². The number of morpholine rings is 1. The van der Waals surface area contributed by atoms with Crippen LogP contribution in [0.1, 0.15) is 28.4 Å². The van der Waals surface area contributed by atoms with Gasteiger partial charge in [-0.25, -0.2) is 9.18 Å². The molecular formula is C33H34ClFN4O4. The van der Waals surface area contributed by atoms with Gasteiger partial charge in [0.2, 0.25) is 5.43 Å². The lowest BCUT2D eigenvalue weighted by Gasteiger charge is -2.38. The summed E-state index contributed by atoms with van der Waals surface area (Å²) in [5.41, 5.74) is 3.45. The Morgan fingerprint density at radius 2 is 1.65 bits per heavy atom. The molecule has 2 aliphatic heterocycles. The number of carboxylic acid groups (broad SMARTS) is 1. The first-order valence-corrected chi connectivity index (χ1v) is 15.0. The van der Waals surface area contributed by atoms with Crippen LogP contribution in [-0.2, 0) is 17.7 Å². The van der Waals surface area contributed by atoms with Gasteiger partial charge in [0.1, 0.15) is 11.4 Å². The van der Waals surface area contributed by atoms with E-state index in [1.165, 1.54) is 17.4 Å². The molecule has 4 aromatic rings. The zero-order valence-corrected chi connectivity index (χ0v) is 24.8. The first-order valence-electron chi connectivity index (χ1n) is 14.6. The average molecular weight is 605 g/mol. The van der Waals surface area contributed by atoms with Crippen LogP contribution in [0.5, 0.6) is 0 Å². The van der Waals surface area contributed by atoms with Crippen molar-refractivity contribution < 1.29 is 19.0 Å². The lowest BCUT2D eigenvalue weighted by Crippen LogP contribution is -2.47. The minimum atomic E-state index is -1.38. The number of carbonyl (C=O) groups is 1. The van der Waals surface area contributed by atoms with Crippen LogP contribution in [0.25, 0.3) is 16.6 Å². The first-order chi connectivity index (χ1) is 20.9. The molecule has 0 saturated carbocycles. The number of para-hydroxylation sites is 1. The van der Waals surface area contributed by atoms with E-state index in [2.05, 4.69) is 28.9 Å². The van der Waals surface area contributed by atoms with Crippen LogP contribution in [0.4, 0.5) is 15.8 Å². The summed E-state index contributed by atoms with van der Waals surface area (Å²) in [4.78, 5) is 31.8. The van der Waals surface area contributed by atoms with Gasteiger partial charge in [-0.3, -0.25) is 9.69 Å². The van der Waals surface area contributed by atoms with Crippen molar-refractivity contribution in [2.45, 2.75) is 19.9 Å².